The van der Waals surface area contributed by atoms with Crippen molar-refractivity contribution in [3.05, 3.63) is 64.7 Å². The molecule has 10 heteroatoms. The van der Waals surface area contributed by atoms with Gasteiger partial charge in [-0.1, -0.05) is 0 Å². The number of anilines is 1. The van der Waals surface area contributed by atoms with E-state index < -0.39 is 10.8 Å². The molecule has 0 aliphatic rings. The number of carbonyl (C=O) groups excluding carboxylic acids is 1. The van der Waals surface area contributed by atoms with Crippen LogP contribution >= 0.6 is 0 Å². The molecule has 2 aromatic carbocycles. The Morgan fingerprint density at radius 2 is 1.97 bits per heavy atom. The van der Waals surface area contributed by atoms with E-state index in [4.69, 9.17) is 9.47 Å². The van der Waals surface area contributed by atoms with Gasteiger partial charge in [-0.05, 0) is 38.1 Å². The number of hydrogen-bond acceptors (Lipinski definition) is 7. The lowest BCUT2D eigenvalue weighted by atomic mass is 10.1. The van der Waals surface area contributed by atoms with Crippen LogP contribution in [-0.2, 0) is 0 Å². The lowest BCUT2D eigenvalue weighted by molar-refractivity contribution is -0.384. The van der Waals surface area contributed by atoms with E-state index in [1.807, 2.05) is 13.8 Å². The molecule has 0 saturated heterocycles. The predicted molar refractivity (Wildman–Crippen MR) is 105 cm³/mol. The van der Waals surface area contributed by atoms with Crippen LogP contribution in [0.3, 0.4) is 0 Å². The third-order valence-electron chi connectivity index (χ3n) is 3.91. The Bertz CT molecular complexity index is 1020. The molecule has 3 aromatic rings. The standard InChI is InChI=1S/C19H19N5O5/c1-3-28-14-6-8-18(29-4-2)15(10-14)22-19(25)13-5-7-16(17(9-13)24(26)27)23-12-20-11-21-23/h5-12H,3-4H2,1-2H3,(H,22,25). The molecule has 0 saturated carbocycles. The van der Waals surface area contributed by atoms with E-state index >= 15 is 0 Å². The van der Waals surface area contributed by atoms with Crippen molar-refractivity contribution in [3.63, 3.8) is 0 Å². The second-order valence-electron chi connectivity index (χ2n) is 5.78. The number of benzene rings is 2. The van der Waals surface area contributed by atoms with E-state index in [0.29, 0.717) is 30.4 Å². The van der Waals surface area contributed by atoms with Crippen LogP contribution in [0.15, 0.2) is 49.1 Å². The van der Waals surface area contributed by atoms with E-state index in [-0.39, 0.29) is 16.9 Å². The summed E-state index contributed by atoms with van der Waals surface area (Å²) in [6.07, 6.45) is 2.61. The topological polar surface area (TPSA) is 121 Å². The van der Waals surface area contributed by atoms with Gasteiger partial charge < -0.3 is 14.8 Å². The first-order valence-corrected chi connectivity index (χ1v) is 8.88. The number of nitro benzene ring substituents is 1. The van der Waals surface area contributed by atoms with E-state index in [9.17, 15) is 14.9 Å². The Hall–Kier alpha value is -3.95. The highest BCUT2D eigenvalue weighted by atomic mass is 16.6. The lowest BCUT2D eigenvalue weighted by Gasteiger charge is -2.14. The third-order valence-corrected chi connectivity index (χ3v) is 3.91. The second kappa shape index (κ2) is 8.83. The van der Waals surface area contributed by atoms with E-state index in [1.54, 1.807) is 18.2 Å². The fourth-order valence-corrected chi connectivity index (χ4v) is 2.68. The second-order valence-corrected chi connectivity index (χ2v) is 5.78. The van der Waals surface area contributed by atoms with E-state index in [1.165, 1.54) is 35.5 Å². The normalized spacial score (nSPS) is 10.4. The number of ether oxygens (including phenoxy) is 2. The van der Waals surface area contributed by atoms with Crippen molar-refractivity contribution in [1.82, 2.24) is 14.8 Å². The van der Waals surface area contributed by atoms with Crippen LogP contribution < -0.4 is 14.8 Å². The van der Waals surface area contributed by atoms with Gasteiger partial charge in [0.2, 0.25) is 0 Å². The van der Waals surface area contributed by atoms with Gasteiger partial charge in [0.25, 0.3) is 11.6 Å². The van der Waals surface area contributed by atoms with Crippen LogP contribution in [0.1, 0.15) is 24.2 Å². The molecule has 0 radical (unpaired) electrons. The summed E-state index contributed by atoms with van der Waals surface area (Å²) in [6, 6.07) is 9.19. The van der Waals surface area contributed by atoms with Crippen molar-refractivity contribution in [2.75, 3.05) is 18.5 Å². The van der Waals surface area contributed by atoms with Crippen LogP contribution in [0, 0.1) is 10.1 Å². The monoisotopic (exact) mass is 397 g/mol. The van der Waals surface area contributed by atoms with Gasteiger partial charge in [0.1, 0.15) is 29.8 Å². The van der Waals surface area contributed by atoms with Gasteiger partial charge in [-0.25, -0.2) is 9.67 Å². The van der Waals surface area contributed by atoms with Crippen LogP contribution in [0.5, 0.6) is 11.5 Å². The number of carbonyl (C=O) groups is 1. The van der Waals surface area contributed by atoms with Crippen molar-refractivity contribution >= 4 is 17.3 Å². The number of nitrogens with zero attached hydrogens (tertiary/aromatic N) is 4. The molecule has 10 nitrogen and oxygen atoms in total. The molecule has 29 heavy (non-hydrogen) atoms. The number of amides is 1. The molecule has 1 heterocycles. The van der Waals surface area contributed by atoms with Crippen LogP contribution in [0.4, 0.5) is 11.4 Å². The quantitative estimate of drug-likeness (QED) is 0.457. The Kier molecular flexibility index (Phi) is 6.03. The largest absolute Gasteiger partial charge is 0.494 e. The number of nitro groups is 1. The van der Waals surface area contributed by atoms with Gasteiger partial charge in [0.05, 0.1) is 23.8 Å². The lowest BCUT2D eigenvalue weighted by Crippen LogP contribution is -2.14. The fraction of sp³-hybridized carbons (Fsp3) is 0.211. The fourth-order valence-electron chi connectivity index (χ4n) is 2.68. The summed E-state index contributed by atoms with van der Waals surface area (Å²) in [5.74, 6) is 0.518. The number of rotatable bonds is 8. The van der Waals surface area contributed by atoms with Crippen LogP contribution in [0.2, 0.25) is 0 Å². The van der Waals surface area contributed by atoms with Crippen LogP contribution in [-0.4, -0.2) is 38.8 Å². The molecule has 1 amide bonds. The summed E-state index contributed by atoms with van der Waals surface area (Å²) < 4.78 is 12.3. The maximum absolute atomic E-state index is 12.7. The molecule has 1 aromatic heterocycles. The number of nitrogens with one attached hydrogen (secondary N) is 1. The zero-order chi connectivity index (χ0) is 20.8. The predicted octanol–water partition coefficient (Wildman–Crippen LogP) is 3.23. The maximum Gasteiger partial charge on any atom is 0.295 e. The Morgan fingerprint density at radius 3 is 2.62 bits per heavy atom. The molecule has 1 N–H and O–H groups in total. The van der Waals surface area contributed by atoms with Gasteiger partial charge in [-0.2, -0.15) is 5.10 Å². The average Bonchev–Trinajstić information content (AvgIpc) is 3.24. The highest BCUT2D eigenvalue weighted by Crippen LogP contribution is 2.30. The summed E-state index contributed by atoms with van der Waals surface area (Å²) >= 11 is 0. The van der Waals surface area contributed by atoms with Gasteiger partial charge in [0, 0.05) is 17.7 Å². The molecule has 0 spiro atoms. The summed E-state index contributed by atoms with van der Waals surface area (Å²) in [6.45, 7) is 4.56. The minimum absolute atomic E-state index is 0.116. The van der Waals surface area contributed by atoms with Crippen LogP contribution in [0.25, 0.3) is 5.69 Å². The molecule has 0 bridgehead atoms. The van der Waals surface area contributed by atoms with Gasteiger partial charge in [-0.15, -0.1) is 0 Å². The highest BCUT2D eigenvalue weighted by molar-refractivity contribution is 6.05. The molecule has 0 fully saturated rings. The molecule has 3 rings (SSSR count). The molecule has 0 aliphatic heterocycles. The Balaban J connectivity index is 1.92. The zero-order valence-corrected chi connectivity index (χ0v) is 15.9. The smallest absolute Gasteiger partial charge is 0.295 e. The first-order valence-electron chi connectivity index (χ1n) is 8.88. The molecule has 0 atom stereocenters. The van der Waals surface area contributed by atoms with Crippen molar-refractivity contribution in [3.8, 4) is 17.2 Å². The number of aromatic nitrogens is 3. The highest BCUT2D eigenvalue weighted by Gasteiger charge is 2.20. The van der Waals surface area contributed by atoms with E-state index in [2.05, 4.69) is 15.4 Å². The zero-order valence-electron chi connectivity index (χ0n) is 15.9. The average molecular weight is 397 g/mol. The molecular weight excluding hydrogens is 378 g/mol. The summed E-state index contributed by atoms with van der Waals surface area (Å²) in [5, 5.41) is 18.1. The van der Waals surface area contributed by atoms with Crippen molar-refractivity contribution in [2.45, 2.75) is 13.8 Å². The van der Waals surface area contributed by atoms with Gasteiger partial charge in [-0.3, -0.25) is 14.9 Å². The summed E-state index contributed by atoms with van der Waals surface area (Å²) in [7, 11) is 0. The minimum Gasteiger partial charge on any atom is -0.494 e. The van der Waals surface area contributed by atoms with Crippen molar-refractivity contribution in [2.24, 2.45) is 0 Å². The van der Waals surface area contributed by atoms with Crippen molar-refractivity contribution < 1.29 is 19.2 Å². The van der Waals surface area contributed by atoms with E-state index in [0.717, 1.165) is 0 Å². The summed E-state index contributed by atoms with van der Waals surface area (Å²) in [4.78, 5) is 27.4. The summed E-state index contributed by atoms with van der Waals surface area (Å²) in [5.41, 5.74) is 0.462. The molecular formula is C19H19N5O5. The van der Waals surface area contributed by atoms with Gasteiger partial charge >= 0.3 is 0 Å². The Labute approximate surface area is 166 Å². The van der Waals surface area contributed by atoms with Gasteiger partial charge in [0.15, 0.2) is 0 Å². The third kappa shape index (κ3) is 4.49. The molecule has 0 aliphatic carbocycles. The first-order chi connectivity index (χ1) is 14.0. The molecule has 0 unspecified atom stereocenters. The SMILES string of the molecule is CCOc1ccc(OCC)c(NC(=O)c2ccc(-n3cncn3)c([N+](=O)[O-])c2)c1. The molecule has 150 valence electrons. The number of hydrogen-bond donors (Lipinski definition) is 1. The minimum atomic E-state index is -0.574. The Morgan fingerprint density at radius 1 is 1.17 bits per heavy atom. The maximum atomic E-state index is 12.7. The first kappa shape index (κ1) is 19.8. The van der Waals surface area contributed by atoms with Crippen molar-refractivity contribution in [1.29, 1.82) is 0 Å².